The van der Waals surface area contributed by atoms with Gasteiger partial charge in [0.1, 0.15) is 0 Å². The Morgan fingerprint density at radius 3 is 2.59 bits per heavy atom. The first-order valence-electron chi connectivity index (χ1n) is 10.6. The lowest BCUT2D eigenvalue weighted by molar-refractivity contribution is -0.132. The molecule has 0 aliphatic carbocycles. The number of nitrogens with zero attached hydrogens (tertiary/aromatic N) is 3. The summed E-state index contributed by atoms with van der Waals surface area (Å²) < 4.78 is 27.6. The number of rotatable bonds is 6. The Morgan fingerprint density at radius 2 is 1.88 bits per heavy atom. The maximum atomic E-state index is 12.8. The number of fused-ring (bicyclic) bond motifs is 1. The van der Waals surface area contributed by atoms with E-state index in [0.29, 0.717) is 24.0 Å². The molecule has 1 aliphatic heterocycles. The van der Waals surface area contributed by atoms with Crippen LogP contribution in [0.5, 0.6) is 0 Å². The molecule has 1 aromatic heterocycles. The number of benzene rings is 2. The Hall–Kier alpha value is -2.16. The molecule has 1 amide bonds. The number of halogens is 1. The summed E-state index contributed by atoms with van der Waals surface area (Å²) >= 11 is 7.62. The number of likely N-dealkylation sites (tertiary alicyclic amines) is 1. The summed E-state index contributed by atoms with van der Waals surface area (Å²) in [6.07, 6.45) is 3.78. The lowest BCUT2D eigenvalue weighted by atomic mass is 9.97. The minimum atomic E-state index is -3.54. The van der Waals surface area contributed by atoms with E-state index in [-0.39, 0.29) is 23.0 Å². The molecule has 2 aromatic carbocycles. The molecule has 4 rings (SSSR count). The van der Waals surface area contributed by atoms with E-state index in [1.54, 1.807) is 52.6 Å². The summed E-state index contributed by atoms with van der Waals surface area (Å²) in [5.41, 5.74) is 0. The van der Waals surface area contributed by atoms with Gasteiger partial charge in [-0.15, -0.1) is 11.3 Å². The molecule has 0 radical (unpaired) electrons. The summed E-state index contributed by atoms with van der Waals surface area (Å²) in [5, 5.41) is 4.32. The van der Waals surface area contributed by atoms with Crippen molar-refractivity contribution in [2.24, 2.45) is 18.0 Å². The van der Waals surface area contributed by atoms with Crippen molar-refractivity contribution in [1.82, 2.24) is 9.47 Å². The molecule has 2 heterocycles. The highest BCUT2D eigenvalue weighted by Crippen LogP contribution is 2.24. The van der Waals surface area contributed by atoms with E-state index < -0.39 is 9.84 Å². The standard InChI is InChI=1S/C23H26ClN3O3S2/c1-26-11-12-31-23(26)25-16-17-6-9-27(10-7-17)22(28)8-13-32(29,30)21-5-3-18-14-20(24)4-2-19(18)15-21/h2-5,11-12,14-15,17H,6-10,13,16H2,1H3/b25-23-. The SMILES string of the molecule is Cn1ccs/c1=N\CC1CCN(C(=O)CCS(=O)(=O)c2ccc3cc(Cl)ccc3c2)CC1. The normalized spacial score (nSPS) is 16.1. The van der Waals surface area contributed by atoms with Gasteiger partial charge in [-0.3, -0.25) is 9.79 Å². The van der Waals surface area contributed by atoms with E-state index in [0.717, 1.165) is 35.0 Å². The van der Waals surface area contributed by atoms with Crippen molar-refractivity contribution < 1.29 is 13.2 Å². The van der Waals surface area contributed by atoms with Crippen molar-refractivity contribution in [3.63, 3.8) is 0 Å². The summed E-state index contributed by atoms with van der Waals surface area (Å²) in [6.45, 7) is 2.08. The number of amides is 1. The molecule has 1 saturated heterocycles. The molecule has 1 aliphatic rings. The highest BCUT2D eigenvalue weighted by atomic mass is 35.5. The fourth-order valence-electron chi connectivity index (χ4n) is 3.94. The van der Waals surface area contributed by atoms with Gasteiger partial charge in [0, 0.05) is 49.7 Å². The molecule has 32 heavy (non-hydrogen) atoms. The van der Waals surface area contributed by atoms with Crippen molar-refractivity contribution >= 4 is 49.5 Å². The second kappa shape index (κ2) is 9.77. The van der Waals surface area contributed by atoms with Crippen LogP contribution < -0.4 is 4.80 Å². The van der Waals surface area contributed by atoms with Gasteiger partial charge in [-0.1, -0.05) is 23.7 Å². The van der Waals surface area contributed by atoms with E-state index in [2.05, 4.69) is 4.99 Å². The quantitative estimate of drug-likeness (QED) is 0.525. The van der Waals surface area contributed by atoms with Crippen LogP contribution in [0.15, 0.2) is 57.9 Å². The molecule has 0 N–H and O–H groups in total. The first-order chi connectivity index (χ1) is 15.3. The van der Waals surface area contributed by atoms with Crippen LogP contribution in [-0.2, 0) is 21.7 Å². The van der Waals surface area contributed by atoms with Crippen molar-refractivity contribution in [3.8, 4) is 0 Å². The predicted octanol–water partition coefficient (Wildman–Crippen LogP) is 3.90. The first kappa shape index (κ1) is 23.0. The lowest BCUT2D eigenvalue weighted by Gasteiger charge is -2.31. The summed E-state index contributed by atoms with van der Waals surface area (Å²) in [5.74, 6) is 0.173. The van der Waals surface area contributed by atoms with Crippen molar-refractivity contribution in [1.29, 1.82) is 0 Å². The zero-order valence-corrected chi connectivity index (χ0v) is 20.3. The van der Waals surface area contributed by atoms with Crippen molar-refractivity contribution in [3.05, 3.63) is 57.8 Å². The van der Waals surface area contributed by atoms with Crippen molar-refractivity contribution in [2.45, 2.75) is 24.2 Å². The van der Waals surface area contributed by atoms with E-state index in [1.165, 1.54) is 0 Å². The predicted molar refractivity (Wildman–Crippen MR) is 129 cm³/mol. The first-order valence-corrected chi connectivity index (χ1v) is 13.5. The van der Waals surface area contributed by atoms with Gasteiger partial charge < -0.3 is 9.47 Å². The van der Waals surface area contributed by atoms with Gasteiger partial charge in [0.25, 0.3) is 0 Å². The minimum Gasteiger partial charge on any atom is -0.343 e. The average molecular weight is 492 g/mol. The molecular weight excluding hydrogens is 466 g/mol. The summed E-state index contributed by atoms with van der Waals surface area (Å²) in [4.78, 5) is 20.4. The monoisotopic (exact) mass is 491 g/mol. The molecule has 0 atom stereocenters. The number of hydrogen-bond acceptors (Lipinski definition) is 5. The number of sulfone groups is 1. The van der Waals surface area contributed by atoms with Gasteiger partial charge in [0.15, 0.2) is 14.6 Å². The Labute approximate surface area is 197 Å². The van der Waals surface area contributed by atoms with Crippen molar-refractivity contribution in [2.75, 3.05) is 25.4 Å². The third kappa shape index (κ3) is 5.42. The van der Waals surface area contributed by atoms with Crippen LogP contribution in [0.1, 0.15) is 19.3 Å². The lowest BCUT2D eigenvalue weighted by Crippen LogP contribution is -2.39. The Kier molecular flexibility index (Phi) is 7.02. The van der Waals surface area contributed by atoms with Gasteiger partial charge in [0.05, 0.1) is 10.6 Å². The molecule has 0 saturated carbocycles. The molecule has 170 valence electrons. The highest BCUT2D eigenvalue weighted by molar-refractivity contribution is 7.91. The Morgan fingerprint density at radius 1 is 1.16 bits per heavy atom. The van der Waals surface area contributed by atoms with Crippen LogP contribution >= 0.6 is 22.9 Å². The Bertz CT molecular complexity index is 1290. The van der Waals surface area contributed by atoms with Gasteiger partial charge in [-0.2, -0.15) is 0 Å². The molecule has 3 aromatic rings. The number of aromatic nitrogens is 1. The van der Waals surface area contributed by atoms with Crippen LogP contribution in [0.25, 0.3) is 10.8 Å². The average Bonchev–Trinajstić information content (AvgIpc) is 3.20. The molecule has 0 bridgehead atoms. The number of carbonyl (C=O) groups is 1. The number of carbonyl (C=O) groups excluding carboxylic acids is 1. The maximum Gasteiger partial charge on any atom is 0.223 e. The van der Waals surface area contributed by atoms with Gasteiger partial charge in [-0.05, 0) is 53.8 Å². The number of piperidine rings is 1. The van der Waals surface area contributed by atoms with Gasteiger partial charge in [0.2, 0.25) is 5.91 Å². The van der Waals surface area contributed by atoms with E-state index >= 15 is 0 Å². The fraction of sp³-hybridized carbons (Fsp3) is 0.391. The highest BCUT2D eigenvalue weighted by Gasteiger charge is 2.24. The minimum absolute atomic E-state index is 0.00105. The largest absolute Gasteiger partial charge is 0.343 e. The van der Waals surface area contributed by atoms with Crippen LogP contribution in [0.3, 0.4) is 0 Å². The van der Waals surface area contributed by atoms with Gasteiger partial charge in [-0.25, -0.2) is 8.42 Å². The molecule has 1 fully saturated rings. The summed E-state index contributed by atoms with van der Waals surface area (Å²) in [7, 11) is -1.56. The zero-order chi connectivity index (χ0) is 22.7. The van der Waals surface area contributed by atoms with Gasteiger partial charge >= 0.3 is 0 Å². The van der Waals surface area contributed by atoms with Crippen LogP contribution in [-0.4, -0.2) is 49.2 Å². The van der Waals surface area contributed by atoms with E-state index in [9.17, 15) is 13.2 Å². The molecular formula is C23H26ClN3O3S2. The second-order valence-electron chi connectivity index (χ2n) is 8.18. The molecule has 9 heteroatoms. The number of thiazole rings is 1. The summed E-state index contributed by atoms with van der Waals surface area (Å²) in [6, 6.07) is 10.3. The van der Waals surface area contributed by atoms with Crippen LogP contribution in [0.4, 0.5) is 0 Å². The smallest absolute Gasteiger partial charge is 0.223 e. The number of hydrogen-bond donors (Lipinski definition) is 0. The molecule has 6 nitrogen and oxygen atoms in total. The second-order valence-corrected chi connectivity index (χ2v) is 11.6. The number of aryl methyl sites for hydroxylation is 1. The molecule has 0 unspecified atom stereocenters. The van der Waals surface area contributed by atoms with E-state index in [4.69, 9.17) is 11.6 Å². The third-order valence-electron chi connectivity index (χ3n) is 5.93. The molecule has 0 spiro atoms. The van der Waals surface area contributed by atoms with E-state index in [1.807, 2.05) is 23.2 Å². The topological polar surface area (TPSA) is 71.7 Å². The fourth-order valence-corrected chi connectivity index (χ4v) is 6.12. The van der Waals surface area contributed by atoms with Crippen LogP contribution in [0, 0.1) is 5.92 Å². The maximum absolute atomic E-state index is 12.8. The third-order valence-corrected chi connectivity index (χ3v) is 8.76. The zero-order valence-electron chi connectivity index (χ0n) is 17.9. The Balaban J connectivity index is 1.31. The van der Waals surface area contributed by atoms with Crippen LogP contribution in [0.2, 0.25) is 5.02 Å².